The van der Waals surface area contributed by atoms with Crippen LogP contribution in [0.1, 0.15) is 24.0 Å². The first-order chi connectivity index (χ1) is 11.9. The van der Waals surface area contributed by atoms with E-state index < -0.39 is 0 Å². The summed E-state index contributed by atoms with van der Waals surface area (Å²) in [5.41, 5.74) is 4.83. The fourth-order valence-electron chi connectivity index (χ4n) is 3.26. The molecule has 1 aliphatic heterocycles. The molecular weight excluding hydrogens is 296 g/mol. The third kappa shape index (κ3) is 2.44. The molecule has 0 amide bonds. The molecule has 1 N–H and O–H groups in total. The molecule has 0 unspecified atom stereocenters. The highest BCUT2D eigenvalue weighted by Crippen LogP contribution is 2.34. The maximum Gasteiger partial charge on any atom is 0.133 e. The SMILES string of the molecule is N#Cc1ccccc1-n1nc(-c2ccccc2)c2c1NCCCC2. The Morgan fingerprint density at radius 2 is 1.79 bits per heavy atom. The van der Waals surface area contributed by atoms with Crippen LogP contribution in [0, 0.1) is 11.3 Å². The van der Waals surface area contributed by atoms with Gasteiger partial charge in [-0.3, -0.25) is 0 Å². The van der Waals surface area contributed by atoms with E-state index in [1.165, 1.54) is 5.56 Å². The van der Waals surface area contributed by atoms with E-state index in [1.807, 2.05) is 47.1 Å². The molecule has 0 aliphatic carbocycles. The lowest BCUT2D eigenvalue weighted by Crippen LogP contribution is -2.08. The van der Waals surface area contributed by atoms with Gasteiger partial charge in [0, 0.05) is 17.7 Å². The number of nitriles is 1. The summed E-state index contributed by atoms with van der Waals surface area (Å²) >= 11 is 0. The van der Waals surface area contributed by atoms with Gasteiger partial charge >= 0.3 is 0 Å². The zero-order valence-corrected chi connectivity index (χ0v) is 13.4. The molecule has 0 saturated heterocycles. The summed E-state index contributed by atoms with van der Waals surface area (Å²) < 4.78 is 1.90. The number of hydrogen-bond acceptors (Lipinski definition) is 3. The number of hydrogen-bond donors (Lipinski definition) is 1. The van der Waals surface area contributed by atoms with E-state index in [4.69, 9.17) is 5.10 Å². The Labute approximate surface area is 141 Å². The van der Waals surface area contributed by atoms with Crippen LogP contribution in [0.2, 0.25) is 0 Å². The summed E-state index contributed by atoms with van der Waals surface area (Å²) in [7, 11) is 0. The van der Waals surface area contributed by atoms with Crippen molar-refractivity contribution in [3.8, 4) is 23.0 Å². The van der Waals surface area contributed by atoms with E-state index in [0.717, 1.165) is 48.6 Å². The first kappa shape index (κ1) is 14.5. The highest BCUT2D eigenvalue weighted by molar-refractivity contribution is 5.72. The van der Waals surface area contributed by atoms with Crippen LogP contribution in [0.3, 0.4) is 0 Å². The van der Waals surface area contributed by atoms with Crippen molar-refractivity contribution >= 4 is 5.82 Å². The zero-order chi connectivity index (χ0) is 16.4. The number of anilines is 1. The van der Waals surface area contributed by atoms with Crippen molar-refractivity contribution < 1.29 is 0 Å². The number of aromatic nitrogens is 2. The van der Waals surface area contributed by atoms with E-state index in [2.05, 4.69) is 23.5 Å². The van der Waals surface area contributed by atoms with E-state index in [-0.39, 0.29) is 0 Å². The van der Waals surface area contributed by atoms with Gasteiger partial charge in [0.25, 0.3) is 0 Å². The minimum atomic E-state index is 0.633. The van der Waals surface area contributed by atoms with E-state index in [0.29, 0.717) is 5.56 Å². The van der Waals surface area contributed by atoms with Crippen molar-refractivity contribution in [3.63, 3.8) is 0 Å². The van der Waals surface area contributed by atoms with Gasteiger partial charge in [-0.1, -0.05) is 42.5 Å². The standard InChI is InChI=1S/C20H18N4/c21-14-16-10-4-5-12-18(16)24-20-17(11-6-7-13-22-20)19(23-24)15-8-2-1-3-9-15/h1-5,8-10,12,22H,6-7,11,13H2. The lowest BCUT2D eigenvalue weighted by Gasteiger charge is -2.10. The third-order valence-electron chi connectivity index (χ3n) is 4.43. The molecule has 0 bridgehead atoms. The molecule has 4 nitrogen and oxygen atoms in total. The lowest BCUT2D eigenvalue weighted by atomic mass is 10.0. The van der Waals surface area contributed by atoms with Gasteiger partial charge in [0.05, 0.1) is 16.9 Å². The topological polar surface area (TPSA) is 53.6 Å². The third-order valence-corrected chi connectivity index (χ3v) is 4.43. The average molecular weight is 314 g/mol. The largest absolute Gasteiger partial charge is 0.370 e. The molecule has 1 aromatic heterocycles. The van der Waals surface area contributed by atoms with Crippen LogP contribution in [0.4, 0.5) is 5.82 Å². The van der Waals surface area contributed by atoms with Crippen molar-refractivity contribution in [1.29, 1.82) is 5.26 Å². The molecule has 1 aliphatic rings. The van der Waals surface area contributed by atoms with Gasteiger partial charge in [0.2, 0.25) is 0 Å². The molecule has 2 heterocycles. The summed E-state index contributed by atoms with van der Waals surface area (Å²) in [5, 5.41) is 17.9. The van der Waals surface area contributed by atoms with Crippen LogP contribution in [-0.2, 0) is 6.42 Å². The van der Waals surface area contributed by atoms with E-state index >= 15 is 0 Å². The fourth-order valence-corrected chi connectivity index (χ4v) is 3.26. The summed E-state index contributed by atoms with van der Waals surface area (Å²) in [6.07, 6.45) is 3.29. The average Bonchev–Trinajstić information content (AvgIpc) is 2.83. The molecule has 3 aromatic rings. The Morgan fingerprint density at radius 3 is 2.62 bits per heavy atom. The molecule has 2 aromatic carbocycles. The maximum absolute atomic E-state index is 9.45. The summed E-state index contributed by atoms with van der Waals surface area (Å²) in [6.45, 7) is 0.932. The Bertz CT molecular complexity index is 903. The second-order valence-electron chi connectivity index (χ2n) is 5.97. The van der Waals surface area contributed by atoms with Crippen molar-refractivity contribution in [2.75, 3.05) is 11.9 Å². The summed E-state index contributed by atoms with van der Waals surface area (Å²) in [6, 6.07) is 20.2. The normalized spacial score (nSPS) is 13.5. The minimum absolute atomic E-state index is 0.633. The first-order valence-electron chi connectivity index (χ1n) is 8.29. The first-order valence-corrected chi connectivity index (χ1v) is 8.29. The Morgan fingerprint density at radius 1 is 1.00 bits per heavy atom. The predicted octanol–water partition coefficient (Wildman–Crippen LogP) is 4.16. The second kappa shape index (κ2) is 6.21. The number of rotatable bonds is 2. The van der Waals surface area contributed by atoms with Gasteiger partial charge in [-0.05, 0) is 31.4 Å². The lowest BCUT2D eigenvalue weighted by molar-refractivity contribution is 0.780. The monoisotopic (exact) mass is 314 g/mol. The van der Waals surface area contributed by atoms with Crippen LogP contribution in [0.25, 0.3) is 16.9 Å². The molecule has 118 valence electrons. The fraction of sp³-hybridized carbons (Fsp3) is 0.200. The highest BCUT2D eigenvalue weighted by Gasteiger charge is 2.22. The van der Waals surface area contributed by atoms with Gasteiger partial charge in [-0.25, -0.2) is 4.68 Å². The molecule has 0 radical (unpaired) electrons. The predicted molar refractivity (Wildman–Crippen MR) is 95.1 cm³/mol. The Hall–Kier alpha value is -3.06. The summed E-state index contributed by atoms with van der Waals surface area (Å²) in [4.78, 5) is 0. The van der Waals surface area contributed by atoms with Crippen molar-refractivity contribution in [2.24, 2.45) is 0 Å². The molecule has 24 heavy (non-hydrogen) atoms. The van der Waals surface area contributed by atoms with Crippen LogP contribution in [0.5, 0.6) is 0 Å². The van der Waals surface area contributed by atoms with Crippen LogP contribution >= 0.6 is 0 Å². The van der Waals surface area contributed by atoms with Crippen molar-refractivity contribution in [2.45, 2.75) is 19.3 Å². The second-order valence-corrected chi connectivity index (χ2v) is 5.97. The van der Waals surface area contributed by atoms with Gasteiger partial charge in [-0.2, -0.15) is 10.4 Å². The van der Waals surface area contributed by atoms with E-state index in [1.54, 1.807) is 0 Å². The Balaban J connectivity index is 1.95. The van der Waals surface area contributed by atoms with Crippen molar-refractivity contribution in [1.82, 2.24) is 9.78 Å². The zero-order valence-electron chi connectivity index (χ0n) is 13.4. The molecule has 4 rings (SSSR count). The molecule has 0 spiro atoms. The number of nitrogens with one attached hydrogen (secondary N) is 1. The van der Waals surface area contributed by atoms with Crippen LogP contribution < -0.4 is 5.32 Å². The molecular formula is C20H18N4. The molecule has 0 saturated carbocycles. The summed E-state index contributed by atoms with van der Waals surface area (Å²) in [5.74, 6) is 1.02. The number of benzene rings is 2. The number of fused-ring (bicyclic) bond motifs is 1. The minimum Gasteiger partial charge on any atom is -0.370 e. The van der Waals surface area contributed by atoms with Gasteiger partial charge in [-0.15, -0.1) is 0 Å². The highest BCUT2D eigenvalue weighted by atomic mass is 15.3. The number of nitrogens with zero attached hydrogens (tertiary/aromatic N) is 3. The van der Waals surface area contributed by atoms with Gasteiger partial charge in [0.15, 0.2) is 0 Å². The van der Waals surface area contributed by atoms with E-state index in [9.17, 15) is 5.26 Å². The van der Waals surface area contributed by atoms with Gasteiger partial charge < -0.3 is 5.32 Å². The Kier molecular flexibility index (Phi) is 3.76. The maximum atomic E-state index is 9.45. The smallest absolute Gasteiger partial charge is 0.133 e. The van der Waals surface area contributed by atoms with Crippen LogP contribution in [0.15, 0.2) is 54.6 Å². The molecule has 0 fully saturated rings. The molecule has 0 atom stereocenters. The quantitative estimate of drug-likeness (QED) is 0.773. The van der Waals surface area contributed by atoms with Crippen LogP contribution in [-0.4, -0.2) is 16.3 Å². The van der Waals surface area contributed by atoms with Gasteiger partial charge in [0.1, 0.15) is 11.9 Å². The number of para-hydroxylation sites is 1. The van der Waals surface area contributed by atoms with Crippen molar-refractivity contribution in [3.05, 3.63) is 65.7 Å². The molecule has 4 heteroatoms.